The number of aromatic nitrogens is 4. The Balaban J connectivity index is 2.12. The molecule has 3 aromatic rings. The molecule has 2 N–H and O–H groups in total. The summed E-state index contributed by atoms with van der Waals surface area (Å²) in [6, 6.07) is 6.61. The molecule has 0 radical (unpaired) electrons. The van der Waals surface area contributed by atoms with Crippen molar-refractivity contribution < 1.29 is 9.21 Å². The summed E-state index contributed by atoms with van der Waals surface area (Å²) in [6.07, 6.45) is 2.47. The standard InChI is InChI=1S/C16H17N5O3/c1-3-10-8-15(23)19-16(17-10)21-13(18-14(22)4-2)9-11(20-21)12-6-5-7-24-12/h5-9H,3-4H2,1-2H3,(H,18,22)(H,17,19,23). The SMILES string of the molecule is CCC(=O)Nc1cc(-c2ccco2)nn1-c1nc(CC)cc(=O)[nH]1. The van der Waals surface area contributed by atoms with E-state index in [1.54, 1.807) is 25.1 Å². The maximum Gasteiger partial charge on any atom is 0.252 e. The van der Waals surface area contributed by atoms with Crippen molar-refractivity contribution in [2.75, 3.05) is 5.32 Å². The van der Waals surface area contributed by atoms with Gasteiger partial charge in [0, 0.05) is 24.2 Å². The largest absolute Gasteiger partial charge is 0.463 e. The second kappa shape index (κ2) is 6.53. The molecule has 0 aliphatic heterocycles. The van der Waals surface area contributed by atoms with E-state index < -0.39 is 0 Å². The molecule has 0 saturated carbocycles. The summed E-state index contributed by atoms with van der Waals surface area (Å²) in [5.41, 5.74) is 0.882. The van der Waals surface area contributed by atoms with Crippen molar-refractivity contribution in [3.8, 4) is 17.4 Å². The number of nitrogens with one attached hydrogen (secondary N) is 2. The highest BCUT2D eigenvalue weighted by molar-refractivity contribution is 5.90. The minimum Gasteiger partial charge on any atom is -0.463 e. The predicted octanol–water partition coefficient (Wildman–Crippen LogP) is 2.13. The van der Waals surface area contributed by atoms with Gasteiger partial charge < -0.3 is 9.73 Å². The number of hydrogen-bond donors (Lipinski definition) is 2. The monoisotopic (exact) mass is 327 g/mol. The highest BCUT2D eigenvalue weighted by Gasteiger charge is 2.16. The van der Waals surface area contributed by atoms with Gasteiger partial charge in [0.2, 0.25) is 11.9 Å². The third-order valence-electron chi connectivity index (χ3n) is 3.42. The average Bonchev–Trinajstić information content (AvgIpc) is 3.23. The first-order valence-corrected chi connectivity index (χ1v) is 7.65. The van der Waals surface area contributed by atoms with Crippen molar-refractivity contribution in [1.82, 2.24) is 19.7 Å². The van der Waals surface area contributed by atoms with Crippen LogP contribution in [0.25, 0.3) is 17.4 Å². The number of furan rings is 1. The average molecular weight is 327 g/mol. The first kappa shape index (κ1) is 15.7. The molecule has 0 aromatic carbocycles. The molecule has 0 fully saturated rings. The zero-order valence-corrected chi connectivity index (χ0v) is 13.4. The molecule has 124 valence electrons. The van der Waals surface area contributed by atoms with Gasteiger partial charge in [0.05, 0.1) is 6.26 Å². The van der Waals surface area contributed by atoms with Gasteiger partial charge in [-0.15, -0.1) is 0 Å². The third kappa shape index (κ3) is 3.12. The van der Waals surface area contributed by atoms with Crippen LogP contribution in [0.5, 0.6) is 0 Å². The number of nitrogens with zero attached hydrogens (tertiary/aromatic N) is 3. The lowest BCUT2D eigenvalue weighted by molar-refractivity contribution is -0.115. The number of anilines is 1. The molecule has 1 amide bonds. The first-order chi connectivity index (χ1) is 11.6. The quantitative estimate of drug-likeness (QED) is 0.746. The zero-order chi connectivity index (χ0) is 17.1. The van der Waals surface area contributed by atoms with E-state index in [0.717, 1.165) is 0 Å². The van der Waals surface area contributed by atoms with Crippen LogP contribution in [0.1, 0.15) is 26.0 Å². The summed E-state index contributed by atoms with van der Waals surface area (Å²) in [4.78, 5) is 30.6. The van der Waals surface area contributed by atoms with Gasteiger partial charge in [0.15, 0.2) is 5.76 Å². The molecule has 0 bridgehead atoms. The van der Waals surface area contributed by atoms with Crippen molar-refractivity contribution in [1.29, 1.82) is 0 Å². The van der Waals surface area contributed by atoms with Crippen molar-refractivity contribution in [3.63, 3.8) is 0 Å². The van der Waals surface area contributed by atoms with Crippen LogP contribution in [0.15, 0.2) is 39.7 Å². The van der Waals surface area contributed by atoms with Crippen molar-refractivity contribution in [3.05, 3.63) is 46.6 Å². The van der Waals surface area contributed by atoms with Crippen LogP contribution in [0.4, 0.5) is 5.82 Å². The maximum atomic E-state index is 11.8. The van der Waals surface area contributed by atoms with Crippen molar-refractivity contribution >= 4 is 11.7 Å². The fourth-order valence-electron chi connectivity index (χ4n) is 2.18. The van der Waals surface area contributed by atoms with Crippen LogP contribution < -0.4 is 10.9 Å². The second-order valence-corrected chi connectivity index (χ2v) is 5.12. The van der Waals surface area contributed by atoms with Crippen LogP contribution in [-0.4, -0.2) is 25.7 Å². The Bertz CT molecular complexity index is 908. The zero-order valence-electron chi connectivity index (χ0n) is 13.4. The molecular formula is C16H17N5O3. The number of carbonyl (C=O) groups excluding carboxylic acids is 1. The lowest BCUT2D eigenvalue weighted by Crippen LogP contribution is -2.18. The highest BCUT2D eigenvalue weighted by atomic mass is 16.3. The van der Waals surface area contributed by atoms with Gasteiger partial charge in [-0.05, 0) is 18.6 Å². The molecule has 3 aromatic heterocycles. The molecule has 0 aliphatic carbocycles. The second-order valence-electron chi connectivity index (χ2n) is 5.12. The van der Waals surface area contributed by atoms with E-state index >= 15 is 0 Å². The molecule has 24 heavy (non-hydrogen) atoms. The Morgan fingerprint density at radius 2 is 2.21 bits per heavy atom. The first-order valence-electron chi connectivity index (χ1n) is 7.65. The number of carbonyl (C=O) groups is 1. The summed E-state index contributed by atoms with van der Waals surface area (Å²) in [6.45, 7) is 3.66. The van der Waals surface area contributed by atoms with Crippen molar-refractivity contribution in [2.24, 2.45) is 0 Å². The molecule has 0 atom stereocenters. The van der Waals surface area contributed by atoms with Gasteiger partial charge in [-0.25, -0.2) is 4.98 Å². The van der Waals surface area contributed by atoms with Gasteiger partial charge in [0.1, 0.15) is 11.5 Å². The number of aromatic amines is 1. The maximum absolute atomic E-state index is 11.8. The summed E-state index contributed by atoms with van der Waals surface area (Å²) < 4.78 is 6.74. The summed E-state index contributed by atoms with van der Waals surface area (Å²) in [5, 5.41) is 7.16. The molecule has 0 unspecified atom stereocenters. The summed E-state index contributed by atoms with van der Waals surface area (Å²) >= 11 is 0. The number of hydrogen-bond acceptors (Lipinski definition) is 5. The van der Waals surface area contributed by atoms with Crippen LogP contribution >= 0.6 is 0 Å². The topological polar surface area (TPSA) is 106 Å². The fraction of sp³-hybridized carbons (Fsp3) is 0.250. The lowest BCUT2D eigenvalue weighted by atomic mass is 10.3. The Hall–Kier alpha value is -3.16. The highest BCUT2D eigenvalue weighted by Crippen LogP contribution is 2.24. The van der Waals surface area contributed by atoms with E-state index in [9.17, 15) is 9.59 Å². The van der Waals surface area contributed by atoms with E-state index in [1.807, 2.05) is 6.92 Å². The van der Waals surface area contributed by atoms with Gasteiger partial charge in [0.25, 0.3) is 5.56 Å². The van der Waals surface area contributed by atoms with Crippen molar-refractivity contribution in [2.45, 2.75) is 26.7 Å². The molecule has 3 heterocycles. The molecule has 3 rings (SSSR count). The Labute approximate surface area is 137 Å². The fourth-order valence-corrected chi connectivity index (χ4v) is 2.18. The lowest BCUT2D eigenvalue weighted by Gasteiger charge is -2.07. The molecule has 0 saturated heterocycles. The normalized spacial score (nSPS) is 10.8. The van der Waals surface area contributed by atoms with Crippen LogP contribution in [0, 0.1) is 0 Å². The molecule has 0 aliphatic rings. The summed E-state index contributed by atoms with van der Waals surface area (Å²) in [7, 11) is 0. The van der Waals surface area contributed by atoms with E-state index in [-0.39, 0.29) is 17.4 Å². The minimum absolute atomic E-state index is 0.170. The van der Waals surface area contributed by atoms with Crippen LogP contribution in [-0.2, 0) is 11.2 Å². The Kier molecular flexibility index (Phi) is 4.28. The van der Waals surface area contributed by atoms with Gasteiger partial charge in [-0.1, -0.05) is 13.8 Å². The molecule has 8 heteroatoms. The van der Waals surface area contributed by atoms with Gasteiger partial charge in [-0.3, -0.25) is 14.6 Å². The number of rotatable bonds is 5. The van der Waals surface area contributed by atoms with E-state index in [1.165, 1.54) is 17.0 Å². The Morgan fingerprint density at radius 3 is 2.88 bits per heavy atom. The van der Waals surface area contributed by atoms with E-state index in [0.29, 0.717) is 35.8 Å². The predicted molar refractivity (Wildman–Crippen MR) is 88.0 cm³/mol. The van der Waals surface area contributed by atoms with Crippen LogP contribution in [0.2, 0.25) is 0 Å². The van der Waals surface area contributed by atoms with Crippen LogP contribution in [0.3, 0.4) is 0 Å². The smallest absolute Gasteiger partial charge is 0.252 e. The number of amides is 1. The number of H-pyrrole nitrogens is 1. The third-order valence-corrected chi connectivity index (χ3v) is 3.42. The summed E-state index contributed by atoms with van der Waals surface area (Å²) in [5.74, 6) is 1.03. The molecule has 0 spiro atoms. The van der Waals surface area contributed by atoms with Gasteiger partial charge >= 0.3 is 0 Å². The molecule has 8 nitrogen and oxygen atoms in total. The Morgan fingerprint density at radius 1 is 1.38 bits per heavy atom. The van der Waals surface area contributed by atoms with Gasteiger partial charge in [-0.2, -0.15) is 9.78 Å². The molecular weight excluding hydrogens is 310 g/mol. The van der Waals surface area contributed by atoms with E-state index in [2.05, 4.69) is 20.4 Å². The number of aryl methyl sites for hydroxylation is 1. The minimum atomic E-state index is -0.278. The van der Waals surface area contributed by atoms with E-state index in [4.69, 9.17) is 4.42 Å².